The molecule has 3 aromatic rings. The Morgan fingerprint density at radius 1 is 0.962 bits per heavy atom. The number of fused-ring (bicyclic) bond motifs is 1. The molecule has 9 heteroatoms. The maximum absolute atomic E-state index is 13.5. The molecule has 1 aliphatic heterocycles. The maximum atomic E-state index is 13.5. The van der Waals surface area contributed by atoms with Crippen molar-refractivity contribution in [3.8, 4) is 11.3 Å². The summed E-state index contributed by atoms with van der Waals surface area (Å²) in [4.78, 5) is 11.9. The van der Waals surface area contributed by atoms with Crippen LogP contribution in [0.1, 0.15) is 5.69 Å². The van der Waals surface area contributed by atoms with E-state index in [4.69, 9.17) is 0 Å². The minimum Gasteiger partial charge on any atom is -0.353 e. The number of anilines is 1. The number of halogens is 3. The summed E-state index contributed by atoms with van der Waals surface area (Å²) in [5.41, 5.74) is -0.456. The smallest absolute Gasteiger partial charge is 0.353 e. The molecule has 1 fully saturated rings. The second-order valence-corrected chi connectivity index (χ2v) is 6.29. The lowest BCUT2D eigenvalue weighted by Crippen LogP contribution is -2.44. The van der Waals surface area contributed by atoms with E-state index < -0.39 is 11.9 Å². The van der Waals surface area contributed by atoms with Crippen LogP contribution in [-0.4, -0.2) is 57.7 Å². The van der Waals surface area contributed by atoms with Crippen LogP contribution in [0.2, 0.25) is 0 Å². The summed E-state index contributed by atoms with van der Waals surface area (Å²) in [6.45, 7) is 3.32. The summed E-state index contributed by atoms with van der Waals surface area (Å²) in [5.74, 6) is 0.645. The highest BCUT2D eigenvalue weighted by atomic mass is 19.4. The molecule has 0 unspecified atom stereocenters. The standard InChI is InChI=1S/C17H17F3N6/c1-24-8-10-25(11-9-24)14-3-2-13-22-16(17(18,19)20)15(26(13)23-14)12-4-6-21-7-5-12/h2-7H,8-11H2,1H3. The van der Waals surface area contributed by atoms with Crippen LogP contribution in [0, 0.1) is 0 Å². The largest absolute Gasteiger partial charge is 0.435 e. The van der Waals surface area contributed by atoms with Crippen molar-refractivity contribution in [1.82, 2.24) is 24.5 Å². The van der Waals surface area contributed by atoms with Gasteiger partial charge in [-0.25, -0.2) is 9.50 Å². The predicted octanol–water partition coefficient (Wildman–Crippen LogP) is 2.56. The van der Waals surface area contributed by atoms with Gasteiger partial charge in [-0.2, -0.15) is 13.2 Å². The molecule has 6 nitrogen and oxygen atoms in total. The van der Waals surface area contributed by atoms with Crippen molar-refractivity contribution in [2.75, 3.05) is 38.1 Å². The first-order chi connectivity index (χ1) is 12.4. The topological polar surface area (TPSA) is 49.6 Å². The third-order valence-corrected chi connectivity index (χ3v) is 4.51. The van der Waals surface area contributed by atoms with Gasteiger partial charge in [-0.05, 0) is 31.3 Å². The van der Waals surface area contributed by atoms with Crippen molar-refractivity contribution in [2.24, 2.45) is 0 Å². The summed E-state index contributed by atoms with van der Waals surface area (Å²) in [7, 11) is 2.04. The molecule has 0 atom stereocenters. The Kier molecular flexibility index (Phi) is 4.03. The lowest BCUT2D eigenvalue weighted by Gasteiger charge is -2.33. The fourth-order valence-corrected chi connectivity index (χ4v) is 3.09. The van der Waals surface area contributed by atoms with Crippen molar-refractivity contribution >= 4 is 11.5 Å². The molecule has 26 heavy (non-hydrogen) atoms. The fourth-order valence-electron chi connectivity index (χ4n) is 3.09. The highest BCUT2D eigenvalue weighted by Gasteiger charge is 2.38. The van der Waals surface area contributed by atoms with Gasteiger partial charge in [-0.1, -0.05) is 0 Å². The zero-order chi connectivity index (χ0) is 18.3. The molecule has 1 saturated heterocycles. The number of aromatic nitrogens is 4. The maximum Gasteiger partial charge on any atom is 0.435 e. The molecule has 0 radical (unpaired) electrons. The van der Waals surface area contributed by atoms with Crippen LogP contribution in [0.15, 0.2) is 36.7 Å². The first-order valence-corrected chi connectivity index (χ1v) is 8.24. The average molecular weight is 362 g/mol. The van der Waals surface area contributed by atoms with Crippen LogP contribution in [0.5, 0.6) is 0 Å². The monoisotopic (exact) mass is 362 g/mol. The van der Waals surface area contributed by atoms with E-state index in [0.29, 0.717) is 11.4 Å². The van der Waals surface area contributed by atoms with Crippen LogP contribution < -0.4 is 4.90 Å². The van der Waals surface area contributed by atoms with Gasteiger partial charge in [0.25, 0.3) is 0 Å². The van der Waals surface area contributed by atoms with Gasteiger partial charge in [-0.15, -0.1) is 5.10 Å². The lowest BCUT2D eigenvalue weighted by molar-refractivity contribution is -0.140. The molecule has 4 heterocycles. The third-order valence-electron chi connectivity index (χ3n) is 4.51. The van der Waals surface area contributed by atoms with Gasteiger partial charge in [0.1, 0.15) is 11.5 Å². The Morgan fingerprint density at radius 3 is 2.31 bits per heavy atom. The SMILES string of the molecule is CN1CCN(c2ccc3nc(C(F)(F)F)c(-c4ccncc4)n3n2)CC1. The predicted molar refractivity (Wildman–Crippen MR) is 90.9 cm³/mol. The first kappa shape index (κ1) is 16.8. The number of likely N-dealkylation sites (N-methyl/N-ethyl adjacent to an activating group) is 1. The number of rotatable bonds is 2. The molecule has 0 spiro atoms. The highest BCUT2D eigenvalue weighted by molar-refractivity contribution is 5.67. The third kappa shape index (κ3) is 2.98. The van der Waals surface area contributed by atoms with Crippen LogP contribution in [-0.2, 0) is 6.18 Å². The molecular weight excluding hydrogens is 345 g/mol. The van der Waals surface area contributed by atoms with E-state index in [2.05, 4.69) is 24.9 Å². The zero-order valence-corrected chi connectivity index (χ0v) is 14.1. The summed E-state index contributed by atoms with van der Waals surface area (Å²) in [6.07, 6.45) is -1.65. The second kappa shape index (κ2) is 6.24. The molecule has 3 aromatic heterocycles. The Morgan fingerprint density at radius 2 is 1.65 bits per heavy atom. The van der Waals surface area contributed by atoms with E-state index in [-0.39, 0.29) is 11.3 Å². The van der Waals surface area contributed by atoms with Gasteiger partial charge in [0, 0.05) is 44.1 Å². The van der Waals surface area contributed by atoms with Gasteiger partial charge in [-0.3, -0.25) is 4.98 Å². The average Bonchev–Trinajstić information content (AvgIpc) is 3.02. The minimum atomic E-state index is -4.57. The quantitative estimate of drug-likeness (QED) is 0.701. The van der Waals surface area contributed by atoms with Crippen LogP contribution in [0.25, 0.3) is 16.9 Å². The first-order valence-electron chi connectivity index (χ1n) is 8.24. The molecule has 0 saturated carbocycles. The molecule has 4 rings (SSSR count). The number of hydrogen-bond acceptors (Lipinski definition) is 5. The Hall–Kier alpha value is -2.68. The van der Waals surface area contributed by atoms with Crippen molar-refractivity contribution in [3.05, 3.63) is 42.4 Å². The molecule has 0 aromatic carbocycles. The van der Waals surface area contributed by atoms with Crippen molar-refractivity contribution in [3.63, 3.8) is 0 Å². The number of nitrogens with zero attached hydrogens (tertiary/aromatic N) is 6. The number of alkyl halides is 3. The van der Waals surface area contributed by atoms with E-state index in [1.807, 2.05) is 7.05 Å². The summed E-state index contributed by atoms with van der Waals surface area (Å²) >= 11 is 0. The van der Waals surface area contributed by atoms with Gasteiger partial charge >= 0.3 is 6.18 Å². The van der Waals surface area contributed by atoms with Crippen molar-refractivity contribution in [2.45, 2.75) is 6.18 Å². The van der Waals surface area contributed by atoms with Gasteiger partial charge in [0.15, 0.2) is 11.3 Å². The van der Waals surface area contributed by atoms with Gasteiger partial charge in [0.2, 0.25) is 0 Å². The Labute approximate surface area is 147 Å². The van der Waals surface area contributed by atoms with Crippen molar-refractivity contribution in [1.29, 1.82) is 0 Å². The Bertz CT molecular complexity index is 913. The minimum absolute atomic E-state index is 0.0640. The summed E-state index contributed by atoms with van der Waals surface area (Å²) in [5, 5.41) is 4.48. The Balaban J connectivity index is 1.86. The number of pyridine rings is 1. The molecular formula is C17H17F3N6. The van der Waals surface area contributed by atoms with E-state index >= 15 is 0 Å². The van der Waals surface area contributed by atoms with Gasteiger partial charge in [0.05, 0.1) is 0 Å². The molecule has 0 aliphatic carbocycles. The lowest BCUT2D eigenvalue weighted by atomic mass is 10.1. The molecule has 0 N–H and O–H groups in total. The van der Waals surface area contributed by atoms with E-state index in [9.17, 15) is 13.2 Å². The summed E-state index contributed by atoms with van der Waals surface area (Å²) in [6, 6.07) is 6.37. The summed E-state index contributed by atoms with van der Waals surface area (Å²) < 4.78 is 41.9. The normalized spacial score (nSPS) is 16.4. The molecule has 1 aliphatic rings. The number of hydrogen-bond donors (Lipinski definition) is 0. The van der Waals surface area contributed by atoms with E-state index in [0.717, 1.165) is 26.2 Å². The molecule has 0 bridgehead atoms. The highest BCUT2D eigenvalue weighted by Crippen LogP contribution is 2.37. The van der Waals surface area contributed by atoms with Crippen LogP contribution >= 0.6 is 0 Å². The van der Waals surface area contributed by atoms with E-state index in [1.165, 1.54) is 29.0 Å². The molecule has 136 valence electrons. The second-order valence-electron chi connectivity index (χ2n) is 6.29. The van der Waals surface area contributed by atoms with Crippen LogP contribution in [0.4, 0.5) is 19.0 Å². The number of piperazine rings is 1. The van der Waals surface area contributed by atoms with E-state index in [1.54, 1.807) is 12.1 Å². The van der Waals surface area contributed by atoms with Crippen LogP contribution in [0.3, 0.4) is 0 Å². The zero-order valence-electron chi connectivity index (χ0n) is 14.1. The molecule has 0 amide bonds. The fraction of sp³-hybridized carbons (Fsp3) is 0.353. The van der Waals surface area contributed by atoms with Crippen molar-refractivity contribution < 1.29 is 13.2 Å². The number of imidazole rings is 1. The van der Waals surface area contributed by atoms with Gasteiger partial charge < -0.3 is 9.80 Å².